The number of imidazole rings is 1. The van der Waals surface area contributed by atoms with Crippen LogP contribution in [-0.2, 0) is 10.2 Å². The predicted octanol–water partition coefficient (Wildman–Crippen LogP) is 2.49. The van der Waals surface area contributed by atoms with Gasteiger partial charge in [0.15, 0.2) is 5.41 Å². The fraction of sp³-hybridized carbons (Fsp3) is 0.333. The lowest BCUT2D eigenvalue weighted by Crippen LogP contribution is -2.46. The molecule has 4 heteroatoms. The topological polar surface area (TPSA) is 61.7 Å². The monoisotopic (exact) mass is 253 g/mol. The van der Waals surface area contributed by atoms with Crippen molar-refractivity contribution < 1.29 is 4.74 Å². The van der Waals surface area contributed by atoms with Gasteiger partial charge in [-0.3, -0.25) is 0 Å². The molecule has 0 saturated carbocycles. The number of rotatable bonds is 2. The standard InChI is InChI=1S/C15H15N3O/c1-10-4-3-5-12(6-10)13-11(2)17-14(18-13)15(7-16)8-19-9-15/h3-6H,8-9H2,1-2H3,(H,17,18). The first kappa shape index (κ1) is 11.9. The van der Waals surface area contributed by atoms with Gasteiger partial charge < -0.3 is 9.72 Å². The molecule has 1 aromatic carbocycles. The van der Waals surface area contributed by atoms with Crippen LogP contribution >= 0.6 is 0 Å². The van der Waals surface area contributed by atoms with E-state index in [0.717, 1.165) is 22.8 Å². The molecule has 3 rings (SSSR count). The summed E-state index contributed by atoms with van der Waals surface area (Å²) in [5, 5.41) is 9.31. The van der Waals surface area contributed by atoms with Crippen LogP contribution in [0.5, 0.6) is 0 Å². The van der Waals surface area contributed by atoms with E-state index >= 15 is 0 Å². The molecule has 1 fully saturated rings. The van der Waals surface area contributed by atoms with Crippen molar-refractivity contribution in [2.45, 2.75) is 19.3 Å². The van der Waals surface area contributed by atoms with Gasteiger partial charge in [0.2, 0.25) is 0 Å². The van der Waals surface area contributed by atoms with Crippen molar-refractivity contribution in [2.75, 3.05) is 13.2 Å². The number of aromatic nitrogens is 2. The van der Waals surface area contributed by atoms with Gasteiger partial charge in [-0.25, -0.2) is 4.98 Å². The largest absolute Gasteiger partial charge is 0.377 e. The highest BCUT2D eigenvalue weighted by atomic mass is 16.5. The number of hydrogen-bond donors (Lipinski definition) is 1. The highest BCUT2D eigenvalue weighted by Crippen LogP contribution is 2.32. The summed E-state index contributed by atoms with van der Waals surface area (Å²) < 4.78 is 5.17. The second kappa shape index (κ2) is 4.22. The van der Waals surface area contributed by atoms with E-state index in [1.165, 1.54) is 5.56 Å². The van der Waals surface area contributed by atoms with E-state index in [4.69, 9.17) is 4.74 Å². The second-order valence-electron chi connectivity index (χ2n) is 5.12. The van der Waals surface area contributed by atoms with Gasteiger partial charge in [0.05, 0.1) is 25.0 Å². The van der Waals surface area contributed by atoms with Gasteiger partial charge in [0.25, 0.3) is 0 Å². The molecule has 0 spiro atoms. The van der Waals surface area contributed by atoms with Gasteiger partial charge in [0, 0.05) is 11.3 Å². The molecule has 1 N–H and O–H groups in total. The van der Waals surface area contributed by atoms with E-state index in [1.807, 2.05) is 19.1 Å². The maximum Gasteiger partial charge on any atom is 0.161 e. The van der Waals surface area contributed by atoms with Crippen LogP contribution in [0.2, 0.25) is 0 Å². The first-order valence-corrected chi connectivity index (χ1v) is 6.28. The third-order valence-electron chi connectivity index (χ3n) is 3.54. The molecule has 96 valence electrons. The van der Waals surface area contributed by atoms with Crippen LogP contribution in [0.4, 0.5) is 0 Å². The first-order valence-electron chi connectivity index (χ1n) is 6.28. The molecule has 0 radical (unpaired) electrons. The van der Waals surface area contributed by atoms with Gasteiger partial charge >= 0.3 is 0 Å². The van der Waals surface area contributed by atoms with Gasteiger partial charge in [0.1, 0.15) is 5.82 Å². The fourth-order valence-electron chi connectivity index (χ4n) is 2.32. The minimum atomic E-state index is -0.590. The average Bonchev–Trinajstić information content (AvgIpc) is 2.71. The molecule has 1 aliphatic heterocycles. The average molecular weight is 253 g/mol. The Balaban J connectivity index is 2.05. The normalized spacial score (nSPS) is 16.7. The number of hydrogen-bond acceptors (Lipinski definition) is 3. The highest BCUT2D eigenvalue weighted by Gasteiger charge is 2.44. The summed E-state index contributed by atoms with van der Waals surface area (Å²) in [6.45, 7) is 4.88. The Labute approximate surface area is 112 Å². The number of nitrogens with one attached hydrogen (secondary N) is 1. The lowest BCUT2D eigenvalue weighted by atomic mass is 9.87. The summed E-state index contributed by atoms with van der Waals surface area (Å²) in [4.78, 5) is 7.87. The highest BCUT2D eigenvalue weighted by molar-refractivity contribution is 5.63. The van der Waals surface area contributed by atoms with E-state index in [9.17, 15) is 5.26 Å². The molecule has 4 nitrogen and oxygen atoms in total. The molecule has 1 saturated heterocycles. The molecule has 1 aliphatic rings. The summed E-state index contributed by atoms with van der Waals surface area (Å²) >= 11 is 0. The Morgan fingerprint density at radius 3 is 2.74 bits per heavy atom. The molecule has 0 bridgehead atoms. The van der Waals surface area contributed by atoms with E-state index in [1.54, 1.807) is 0 Å². The summed E-state index contributed by atoms with van der Waals surface area (Å²) in [6, 6.07) is 10.5. The molecule has 0 atom stereocenters. The zero-order valence-electron chi connectivity index (χ0n) is 11.0. The fourth-order valence-corrected chi connectivity index (χ4v) is 2.32. The Bertz CT molecular complexity index is 662. The third-order valence-corrected chi connectivity index (χ3v) is 3.54. The van der Waals surface area contributed by atoms with Gasteiger partial charge in [-0.05, 0) is 19.9 Å². The van der Waals surface area contributed by atoms with Crippen LogP contribution in [0.3, 0.4) is 0 Å². The Morgan fingerprint density at radius 2 is 2.16 bits per heavy atom. The summed E-state index contributed by atoms with van der Waals surface area (Å²) in [7, 11) is 0. The summed E-state index contributed by atoms with van der Waals surface area (Å²) in [6.07, 6.45) is 0. The number of benzene rings is 1. The number of aryl methyl sites for hydroxylation is 2. The molecular formula is C15H15N3O. The molecule has 0 aliphatic carbocycles. The van der Waals surface area contributed by atoms with Crippen molar-refractivity contribution in [1.82, 2.24) is 9.97 Å². The maximum absolute atomic E-state index is 9.31. The Kier molecular flexibility index (Phi) is 2.65. The van der Waals surface area contributed by atoms with E-state index in [0.29, 0.717) is 13.2 Å². The van der Waals surface area contributed by atoms with Crippen molar-refractivity contribution in [3.8, 4) is 17.3 Å². The van der Waals surface area contributed by atoms with Crippen molar-refractivity contribution in [3.05, 3.63) is 41.3 Å². The quantitative estimate of drug-likeness (QED) is 0.894. The second-order valence-corrected chi connectivity index (χ2v) is 5.12. The molecule has 2 aromatic rings. The number of nitrogens with zero attached hydrogens (tertiary/aromatic N) is 2. The lowest BCUT2D eigenvalue weighted by Gasteiger charge is -2.32. The molecule has 19 heavy (non-hydrogen) atoms. The number of aromatic amines is 1. The van der Waals surface area contributed by atoms with E-state index in [2.05, 4.69) is 35.1 Å². The summed E-state index contributed by atoms with van der Waals surface area (Å²) in [5.41, 5.74) is 3.59. The third kappa shape index (κ3) is 1.83. The zero-order chi connectivity index (χ0) is 13.5. The maximum atomic E-state index is 9.31. The van der Waals surface area contributed by atoms with Crippen molar-refractivity contribution in [2.24, 2.45) is 0 Å². The first-order chi connectivity index (χ1) is 9.14. The minimum Gasteiger partial charge on any atom is -0.377 e. The number of nitriles is 1. The van der Waals surface area contributed by atoms with Crippen LogP contribution < -0.4 is 0 Å². The SMILES string of the molecule is Cc1cccc(-c2nc(C3(C#N)COC3)[nH]c2C)c1. The van der Waals surface area contributed by atoms with E-state index in [-0.39, 0.29) is 0 Å². The van der Waals surface area contributed by atoms with Gasteiger partial charge in [-0.1, -0.05) is 23.8 Å². The minimum absolute atomic E-state index is 0.420. The van der Waals surface area contributed by atoms with E-state index < -0.39 is 5.41 Å². The zero-order valence-corrected chi connectivity index (χ0v) is 11.0. The molecule has 1 aromatic heterocycles. The van der Waals surface area contributed by atoms with Crippen LogP contribution in [0, 0.1) is 25.2 Å². The number of H-pyrrole nitrogens is 1. The van der Waals surface area contributed by atoms with Crippen molar-refractivity contribution >= 4 is 0 Å². The Hall–Kier alpha value is -2.12. The van der Waals surface area contributed by atoms with Gasteiger partial charge in [-0.15, -0.1) is 0 Å². The molecule has 2 heterocycles. The number of ether oxygens (including phenoxy) is 1. The van der Waals surface area contributed by atoms with Crippen LogP contribution in [-0.4, -0.2) is 23.2 Å². The predicted molar refractivity (Wildman–Crippen MR) is 71.6 cm³/mol. The molecule has 0 unspecified atom stereocenters. The van der Waals surface area contributed by atoms with Crippen LogP contribution in [0.25, 0.3) is 11.3 Å². The molecular weight excluding hydrogens is 238 g/mol. The van der Waals surface area contributed by atoms with Gasteiger partial charge in [-0.2, -0.15) is 5.26 Å². The Morgan fingerprint density at radius 1 is 1.37 bits per heavy atom. The van der Waals surface area contributed by atoms with Crippen molar-refractivity contribution in [1.29, 1.82) is 5.26 Å². The smallest absolute Gasteiger partial charge is 0.161 e. The lowest BCUT2D eigenvalue weighted by molar-refractivity contribution is -0.0335. The van der Waals surface area contributed by atoms with Crippen LogP contribution in [0.15, 0.2) is 24.3 Å². The van der Waals surface area contributed by atoms with Crippen LogP contribution in [0.1, 0.15) is 17.1 Å². The summed E-state index contributed by atoms with van der Waals surface area (Å²) in [5.74, 6) is 0.718. The molecule has 0 amide bonds. The van der Waals surface area contributed by atoms with Crippen molar-refractivity contribution in [3.63, 3.8) is 0 Å².